The molecule has 0 radical (unpaired) electrons. The second-order valence-electron chi connectivity index (χ2n) is 5.23. The average Bonchev–Trinajstić information content (AvgIpc) is 2.57. The van der Waals surface area contributed by atoms with Gasteiger partial charge in [0.1, 0.15) is 0 Å². The molecule has 0 atom stereocenters. The van der Waals surface area contributed by atoms with Crippen molar-refractivity contribution in [3.63, 3.8) is 0 Å². The van der Waals surface area contributed by atoms with Gasteiger partial charge in [0, 0.05) is 6.07 Å². The van der Waals surface area contributed by atoms with Gasteiger partial charge in [0.05, 0.1) is 16.8 Å². The van der Waals surface area contributed by atoms with Crippen LogP contribution in [0.3, 0.4) is 0 Å². The number of benzene rings is 2. The molecule has 0 spiro atoms. The lowest BCUT2D eigenvalue weighted by Crippen LogP contribution is -2.41. The molecule has 0 aliphatic carbocycles. The molecule has 0 saturated carbocycles. The number of rotatable bonds is 4. The van der Waals surface area contributed by atoms with Crippen molar-refractivity contribution in [2.75, 3.05) is 0 Å². The van der Waals surface area contributed by atoms with Gasteiger partial charge in [0.25, 0.3) is 5.56 Å². The Morgan fingerprint density at radius 2 is 1.22 bits per heavy atom. The van der Waals surface area contributed by atoms with Gasteiger partial charge in [-0.2, -0.15) is 0 Å². The molecule has 0 aliphatic rings. The Kier molecular flexibility index (Phi) is 4.76. The van der Waals surface area contributed by atoms with Gasteiger partial charge in [-0.05, 0) is 33.7 Å². The Labute approximate surface area is 147 Å². The predicted molar refractivity (Wildman–Crippen MR) is 98.8 cm³/mol. The summed E-state index contributed by atoms with van der Waals surface area (Å²) >= 11 is 2.04. The van der Waals surface area contributed by atoms with Gasteiger partial charge in [-0.3, -0.25) is 13.9 Å². The first kappa shape index (κ1) is 15.7. The summed E-state index contributed by atoms with van der Waals surface area (Å²) in [5, 5.41) is 0. The highest BCUT2D eigenvalue weighted by atomic mass is 127. The van der Waals surface area contributed by atoms with Crippen LogP contribution in [0.1, 0.15) is 11.1 Å². The fourth-order valence-corrected chi connectivity index (χ4v) is 3.05. The third-order valence-corrected chi connectivity index (χ3v) is 4.49. The van der Waals surface area contributed by atoms with Gasteiger partial charge < -0.3 is 0 Å². The first-order chi connectivity index (χ1) is 11.1. The van der Waals surface area contributed by atoms with E-state index in [1.165, 1.54) is 10.6 Å². The van der Waals surface area contributed by atoms with Gasteiger partial charge in [-0.25, -0.2) is 4.79 Å². The zero-order valence-electron chi connectivity index (χ0n) is 12.4. The fourth-order valence-electron chi connectivity index (χ4n) is 2.41. The van der Waals surface area contributed by atoms with Crippen molar-refractivity contribution < 1.29 is 0 Å². The third kappa shape index (κ3) is 3.61. The highest BCUT2D eigenvalue weighted by Crippen LogP contribution is 2.06. The minimum atomic E-state index is -0.283. The maximum Gasteiger partial charge on any atom is 0.332 e. The minimum absolute atomic E-state index is 0.271. The first-order valence-corrected chi connectivity index (χ1v) is 8.31. The predicted octanol–water partition coefficient (Wildman–Crippen LogP) is 2.71. The van der Waals surface area contributed by atoms with Gasteiger partial charge >= 0.3 is 5.69 Å². The number of nitrogens with zero attached hydrogens (tertiary/aromatic N) is 2. The van der Waals surface area contributed by atoms with Crippen LogP contribution in [0.25, 0.3) is 0 Å². The summed E-state index contributed by atoms with van der Waals surface area (Å²) in [6.07, 6.45) is 0. The molecular formula is C18H15IN2O2. The SMILES string of the molecule is O=c1cc(I)n(Cc2ccccc2)c(=O)n1Cc1ccccc1. The lowest BCUT2D eigenvalue weighted by molar-refractivity contribution is 0.600. The fraction of sp³-hybridized carbons (Fsp3) is 0.111. The molecule has 23 heavy (non-hydrogen) atoms. The van der Waals surface area contributed by atoms with Gasteiger partial charge in [0.2, 0.25) is 0 Å². The summed E-state index contributed by atoms with van der Waals surface area (Å²) in [4.78, 5) is 25.0. The second-order valence-corrected chi connectivity index (χ2v) is 6.34. The van der Waals surface area contributed by atoms with Crippen molar-refractivity contribution in [2.24, 2.45) is 0 Å². The second kappa shape index (κ2) is 6.95. The van der Waals surface area contributed by atoms with Crippen LogP contribution in [-0.4, -0.2) is 9.13 Å². The minimum Gasteiger partial charge on any atom is -0.284 e. The van der Waals surface area contributed by atoms with E-state index < -0.39 is 0 Å². The van der Waals surface area contributed by atoms with E-state index >= 15 is 0 Å². The summed E-state index contributed by atoms with van der Waals surface area (Å²) in [5.41, 5.74) is 1.40. The largest absolute Gasteiger partial charge is 0.332 e. The number of hydrogen-bond donors (Lipinski definition) is 0. The topological polar surface area (TPSA) is 44.0 Å². The molecule has 1 heterocycles. The van der Waals surface area contributed by atoms with E-state index in [0.29, 0.717) is 10.2 Å². The quantitative estimate of drug-likeness (QED) is 0.483. The molecule has 0 N–H and O–H groups in total. The van der Waals surface area contributed by atoms with Crippen LogP contribution < -0.4 is 11.2 Å². The third-order valence-electron chi connectivity index (χ3n) is 3.60. The number of aromatic nitrogens is 2. The maximum absolute atomic E-state index is 12.7. The Balaban J connectivity index is 2.03. The summed E-state index contributed by atoms with van der Waals surface area (Å²) in [6, 6.07) is 20.8. The molecule has 5 heteroatoms. The van der Waals surface area contributed by atoms with Crippen molar-refractivity contribution in [1.82, 2.24) is 9.13 Å². The van der Waals surface area contributed by atoms with Crippen LogP contribution in [0.5, 0.6) is 0 Å². The highest BCUT2D eigenvalue weighted by molar-refractivity contribution is 14.1. The van der Waals surface area contributed by atoms with Crippen LogP contribution in [-0.2, 0) is 13.1 Å². The number of hydrogen-bond acceptors (Lipinski definition) is 2. The van der Waals surface area contributed by atoms with E-state index in [2.05, 4.69) is 0 Å². The normalized spacial score (nSPS) is 10.7. The zero-order chi connectivity index (χ0) is 16.2. The van der Waals surface area contributed by atoms with Crippen LogP contribution in [0.2, 0.25) is 0 Å². The smallest absolute Gasteiger partial charge is 0.284 e. The van der Waals surface area contributed by atoms with Crippen LogP contribution in [0, 0.1) is 3.70 Å². The molecule has 0 saturated heterocycles. The number of halogens is 1. The van der Waals surface area contributed by atoms with Crippen molar-refractivity contribution in [2.45, 2.75) is 13.1 Å². The molecule has 3 aromatic rings. The Morgan fingerprint density at radius 3 is 1.74 bits per heavy atom. The summed E-state index contributed by atoms with van der Waals surface area (Å²) in [7, 11) is 0. The van der Waals surface area contributed by atoms with E-state index in [4.69, 9.17) is 0 Å². The summed E-state index contributed by atoms with van der Waals surface area (Å²) < 4.78 is 3.55. The monoisotopic (exact) mass is 418 g/mol. The lowest BCUT2D eigenvalue weighted by atomic mass is 10.2. The van der Waals surface area contributed by atoms with E-state index in [0.717, 1.165) is 11.1 Å². The molecule has 0 bridgehead atoms. The van der Waals surface area contributed by atoms with E-state index in [9.17, 15) is 9.59 Å². The molecule has 0 fully saturated rings. The average molecular weight is 418 g/mol. The van der Waals surface area contributed by atoms with Crippen molar-refractivity contribution >= 4 is 22.6 Å². The zero-order valence-corrected chi connectivity index (χ0v) is 14.5. The van der Waals surface area contributed by atoms with Crippen LogP contribution in [0.4, 0.5) is 0 Å². The van der Waals surface area contributed by atoms with E-state index in [1.807, 2.05) is 83.3 Å². The summed E-state index contributed by atoms with van der Waals surface area (Å²) in [5.74, 6) is 0. The lowest BCUT2D eigenvalue weighted by Gasteiger charge is -2.12. The molecule has 3 rings (SSSR count). The molecular weight excluding hydrogens is 403 g/mol. The van der Waals surface area contributed by atoms with E-state index in [-0.39, 0.29) is 17.8 Å². The van der Waals surface area contributed by atoms with Crippen LogP contribution in [0.15, 0.2) is 76.3 Å². The Bertz CT molecular complexity index is 915. The highest BCUT2D eigenvalue weighted by Gasteiger charge is 2.10. The van der Waals surface area contributed by atoms with Gasteiger partial charge in [0.15, 0.2) is 0 Å². The van der Waals surface area contributed by atoms with Crippen molar-refractivity contribution in [3.8, 4) is 0 Å². The summed E-state index contributed by atoms with van der Waals surface area (Å²) in [6.45, 7) is 0.733. The maximum atomic E-state index is 12.7. The van der Waals surface area contributed by atoms with Crippen LogP contribution >= 0.6 is 22.6 Å². The van der Waals surface area contributed by atoms with Crippen molar-refractivity contribution in [3.05, 3.63) is 102 Å². The van der Waals surface area contributed by atoms with E-state index in [1.54, 1.807) is 4.57 Å². The van der Waals surface area contributed by atoms with Crippen molar-refractivity contribution in [1.29, 1.82) is 0 Å². The molecule has 0 unspecified atom stereocenters. The standard InChI is InChI=1S/C18H15IN2O2/c19-16-11-17(22)21(13-15-9-5-2-6-10-15)18(23)20(16)12-14-7-3-1-4-8-14/h1-11H,12-13H2. The Hall–Kier alpha value is -2.15. The first-order valence-electron chi connectivity index (χ1n) is 7.23. The molecule has 2 aromatic carbocycles. The Morgan fingerprint density at radius 1 is 0.739 bits per heavy atom. The molecule has 4 nitrogen and oxygen atoms in total. The molecule has 0 aliphatic heterocycles. The van der Waals surface area contributed by atoms with Gasteiger partial charge in [-0.15, -0.1) is 0 Å². The molecule has 116 valence electrons. The van der Waals surface area contributed by atoms with Gasteiger partial charge in [-0.1, -0.05) is 60.7 Å². The molecule has 1 aromatic heterocycles. The molecule has 0 amide bonds.